The molecule has 4 heteroatoms. The third kappa shape index (κ3) is 1.38. The van der Waals surface area contributed by atoms with Gasteiger partial charge < -0.3 is 10.4 Å². The van der Waals surface area contributed by atoms with E-state index in [0.717, 1.165) is 0 Å². The first-order valence-electron chi connectivity index (χ1n) is 4.42. The lowest BCUT2D eigenvalue weighted by molar-refractivity contribution is 0.435. The van der Waals surface area contributed by atoms with E-state index >= 15 is 0 Å². The number of phenolic OH excluding ortho intramolecular Hbond substituents is 1. The van der Waals surface area contributed by atoms with Gasteiger partial charge in [0.25, 0.3) is 0 Å². The van der Waals surface area contributed by atoms with Crippen molar-refractivity contribution in [2.75, 3.05) is 12.4 Å². The zero-order chi connectivity index (χ0) is 11.0. The zero-order valence-electron chi connectivity index (χ0n) is 8.01. The second-order valence-corrected chi connectivity index (χ2v) is 3.17. The number of rotatable bonds is 1. The van der Waals surface area contributed by atoms with E-state index in [1.54, 1.807) is 19.2 Å². The molecule has 0 aliphatic rings. The number of anilines is 1. The molecule has 2 aromatic rings. The van der Waals surface area contributed by atoms with Gasteiger partial charge in [0.2, 0.25) is 0 Å². The molecule has 0 saturated heterocycles. The van der Waals surface area contributed by atoms with Crippen LogP contribution in [0.3, 0.4) is 0 Å². The summed E-state index contributed by atoms with van der Waals surface area (Å²) in [6.45, 7) is 0. The lowest BCUT2D eigenvalue weighted by Crippen LogP contribution is -1.93. The Morgan fingerprint density at radius 3 is 2.60 bits per heavy atom. The summed E-state index contributed by atoms with van der Waals surface area (Å²) in [7, 11) is 1.63. The Balaban J connectivity index is 2.95. The van der Waals surface area contributed by atoms with Gasteiger partial charge in [0.05, 0.1) is 0 Å². The summed E-state index contributed by atoms with van der Waals surface area (Å²) in [4.78, 5) is 0. The fraction of sp³-hybridized carbons (Fsp3) is 0.0909. The molecule has 2 aromatic carbocycles. The first-order valence-corrected chi connectivity index (χ1v) is 4.42. The van der Waals surface area contributed by atoms with Crippen molar-refractivity contribution >= 4 is 16.5 Å². The Labute approximate surface area is 85.2 Å². The third-order valence-electron chi connectivity index (χ3n) is 2.31. The smallest absolute Gasteiger partial charge is 0.168 e. The minimum atomic E-state index is -0.951. The number of halogens is 2. The molecule has 2 nitrogen and oxygen atoms in total. The number of hydrogen-bond donors (Lipinski definition) is 2. The number of hydrogen-bond acceptors (Lipinski definition) is 2. The summed E-state index contributed by atoms with van der Waals surface area (Å²) in [6.07, 6.45) is 0. The highest BCUT2D eigenvalue weighted by molar-refractivity contribution is 5.98. The lowest BCUT2D eigenvalue weighted by Gasteiger charge is -2.08. The maximum atomic E-state index is 13.5. The van der Waals surface area contributed by atoms with Crippen LogP contribution in [-0.2, 0) is 0 Å². The van der Waals surface area contributed by atoms with Crippen LogP contribution in [0.4, 0.5) is 14.5 Å². The predicted octanol–water partition coefficient (Wildman–Crippen LogP) is 2.87. The monoisotopic (exact) mass is 209 g/mol. The molecule has 0 aromatic heterocycles. The largest absolute Gasteiger partial charge is 0.504 e. The van der Waals surface area contributed by atoms with Gasteiger partial charge in [-0.3, -0.25) is 0 Å². The topological polar surface area (TPSA) is 32.3 Å². The Morgan fingerprint density at radius 1 is 1.20 bits per heavy atom. The van der Waals surface area contributed by atoms with Crippen molar-refractivity contribution in [3.8, 4) is 5.75 Å². The maximum absolute atomic E-state index is 13.5. The molecule has 0 atom stereocenters. The van der Waals surface area contributed by atoms with Crippen LogP contribution in [0.15, 0.2) is 24.3 Å². The fourth-order valence-electron chi connectivity index (χ4n) is 1.60. The van der Waals surface area contributed by atoms with Gasteiger partial charge in [-0.1, -0.05) is 12.1 Å². The van der Waals surface area contributed by atoms with Crippen molar-refractivity contribution in [3.05, 3.63) is 35.9 Å². The molecule has 0 aliphatic carbocycles. The van der Waals surface area contributed by atoms with Gasteiger partial charge in [0.15, 0.2) is 11.6 Å². The van der Waals surface area contributed by atoms with Crippen LogP contribution < -0.4 is 5.32 Å². The first-order chi connectivity index (χ1) is 7.15. The average molecular weight is 209 g/mol. The molecule has 0 amide bonds. The molecule has 0 fully saturated rings. The van der Waals surface area contributed by atoms with Gasteiger partial charge in [-0.05, 0) is 6.07 Å². The standard InChI is InChI=1S/C11H9F2NO/c1-14-9-4-2-3-6-10(9)7(12)5-8(13)11(6)15/h2-5,14-15H,1H3. The van der Waals surface area contributed by atoms with Crippen molar-refractivity contribution in [2.45, 2.75) is 0 Å². The van der Waals surface area contributed by atoms with Crippen molar-refractivity contribution in [1.82, 2.24) is 0 Å². The highest BCUT2D eigenvalue weighted by Gasteiger charge is 2.13. The van der Waals surface area contributed by atoms with Crippen molar-refractivity contribution in [2.24, 2.45) is 0 Å². The van der Waals surface area contributed by atoms with E-state index in [0.29, 0.717) is 11.8 Å². The molecule has 0 unspecified atom stereocenters. The summed E-state index contributed by atoms with van der Waals surface area (Å²) in [5.74, 6) is -2.16. The number of fused-ring (bicyclic) bond motifs is 1. The fourth-order valence-corrected chi connectivity index (χ4v) is 1.60. The lowest BCUT2D eigenvalue weighted by atomic mass is 10.1. The summed E-state index contributed by atoms with van der Waals surface area (Å²) in [6, 6.07) is 5.42. The van der Waals surface area contributed by atoms with E-state index in [9.17, 15) is 13.9 Å². The minimum Gasteiger partial charge on any atom is -0.504 e. The minimum absolute atomic E-state index is 0.166. The van der Waals surface area contributed by atoms with Crippen LogP contribution in [0.1, 0.15) is 0 Å². The zero-order valence-corrected chi connectivity index (χ0v) is 8.01. The Kier molecular flexibility index (Phi) is 2.19. The van der Waals surface area contributed by atoms with E-state index in [4.69, 9.17) is 0 Å². The molecule has 78 valence electrons. The molecular formula is C11H9F2NO. The molecule has 0 radical (unpaired) electrons. The summed E-state index contributed by atoms with van der Waals surface area (Å²) in [5.41, 5.74) is 0.514. The Bertz CT molecular complexity index is 525. The molecule has 0 bridgehead atoms. The average Bonchev–Trinajstić information content (AvgIpc) is 2.25. The van der Waals surface area contributed by atoms with E-state index in [1.807, 2.05) is 0 Å². The quantitative estimate of drug-likeness (QED) is 0.756. The Morgan fingerprint density at radius 2 is 1.93 bits per heavy atom. The second-order valence-electron chi connectivity index (χ2n) is 3.17. The van der Waals surface area contributed by atoms with Crippen LogP contribution in [0.5, 0.6) is 5.75 Å². The summed E-state index contributed by atoms with van der Waals surface area (Å²) in [5, 5.41) is 12.6. The van der Waals surface area contributed by atoms with Crippen LogP contribution in [0.2, 0.25) is 0 Å². The van der Waals surface area contributed by atoms with Gasteiger partial charge in [0.1, 0.15) is 5.82 Å². The highest BCUT2D eigenvalue weighted by atomic mass is 19.1. The van der Waals surface area contributed by atoms with E-state index in [2.05, 4.69) is 5.32 Å². The maximum Gasteiger partial charge on any atom is 0.168 e. The number of benzene rings is 2. The second kappa shape index (κ2) is 3.38. The van der Waals surface area contributed by atoms with Gasteiger partial charge in [-0.15, -0.1) is 0 Å². The van der Waals surface area contributed by atoms with Gasteiger partial charge in [-0.2, -0.15) is 0 Å². The number of nitrogens with one attached hydrogen (secondary N) is 1. The van der Waals surface area contributed by atoms with Gasteiger partial charge in [-0.25, -0.2) is 8.78 Å². The molecule has 0 heterocycles. The molecule has 0 spiro atoms. The number of phenols is 1. The predicted molar refractivity (Wildman–Crippen MR) is 55.1 cm³/mol. The number of aromatic hydroxyl groups is 1. The van der Waals surface area contributed by atoms with Crippen LogP contribution in [0.25, 0.3) is 10.8 Å². The highest BCUT2D eigenvalue weighted by Crippen LogP contribution is 2.34. The van der Waals surface area contributed by atoms with E-state index < -0.39 is 17.4 Å². The van der Waals surface area contributed by atoms with Crippen LogP contribution >= 0.6 is 0 Å². The molecule has 2 N–H and O–H groups in total. The SMILES string of the molecule is CNc1cccc2c(O)c(F)cc(F)c12. The Hall–Kier alpha value is -1.84. The van der Waals surface area contributed by atoms with E-state index in [-0.39, 0.29) is 10.8 Å². The van der Waals surface area contributed by atoms with Crippen molar-refractivity contribution in [1.29, 1.82) is 0 Å². The van der Waals surface area contributed by atoms with Gasteiger partial charge >= 0.3 is 0 Å². The molecule has 15 heavy (non-hydrogen) atoms. The normalized spacial score (nSPS) is 10.6. The first kappa shape index (κ1) is 9.71. The molecular weight excluding hydrogens is 200 g/mol. The third-order valence-corrected chi connectivity index (χ3v) is 2.31. The van der Waals surface area contributed by atoms with Crippen LogP contribution in [-0.4, -0.2) is 12.2 Å². The summed E-state index contributed by atoms with van der Waals surface area (Å²) >= 11 is 0. The molecule has 2 rings (SSSR count). The van der Waals surface area contributed by atoms with Crippen LogP contribution in [0, 0.1) is 11.6 Å². The van der Waals surface area contributed by atoms with E-state index in [1.165, 1.54) is 6.07 Å². The van der Waals surface area contributed by atoms with Crippen molar-refractivity contribution < 1.29 is 13.9 Å². The van der Waals surface area contributed by atoms with Crippen molar-refractivity contribution in [3.63, 3.8) is 0 Å². The molecule has 0 saturated carbocycles. The van der Waals surface area contributed by atoms with Gasteiger partial charge in [0, 0.05) is 29.6 Å². The molecule has 0 aliphatic heterocycles. The summed E-state index contributed by atoms with van der Waals surface area (Å²) < 4.78 is 26.5.